The van der Waals surface area contributed by atoms with E-state index in [1.807, 2.05) is 44.2 Å². The summed E-state index contributed by atoms with van der Waals surface area (Å²) in [6, 6.07) is 8.93. The third-order valence-electron chi connectivity index (χ3n) is 2.97. The maximum Gasteiger partial charge on any atom is 0.408 e. The predicted molar refractivity (Wildman–Crippen MR) is 91.2 cm³/mol. The lowest BCUT2D eigenvalue weighted by molar-refractivity contribution is -0.123. The van der Waals surface area contributed by atoms with E-state index in [9.17, 15) is 9.59 Å². The number of nitrogens with one attached hydrogen (secondary N) is 2. The van der Waals surface area contributed by atoms with E-state index >= 15 is 0 Å². The fourth-order valence-electron chi connectivity index (χ4n) is 1.94. The Labute approximate surface area is 138 Å². The molecule has 128 valence electrons. The molecule has 0 saturated heterocycles. The highest BCUT2D eigenvalue weighted by molar-refractivity contribution is 5.86. The molecule has 5 heteroatoms. The van der Waals surface area contributed by atoms with Gasteiger partial charge < -0.3 is 15.4 Å². The molecule has 0 radical (unpaired) electrons. The molecule has 1 rings (SSSR count). The lowest BCUT2D eigenvalue weighted by Crippen LogP contribution is -2.49. The summed E-state index contributed by atoms with van der Waals surface area (Å²) < 4.78 is 5.25. The van der Waals surface area contributed by atoms with Crippen LogP contribution in [-0.2, 0) is 16.0 Å². The molecule has 2 amide bonds. The van der Waals surface area contributed by atoms with Crippen molar-refractivity contribution < 1.29 is 14.3 Å². The first-order valence-electron chi connectivity index (χ1n) is 7.98. The van der Waals surface area contributed by atoms with E-state index in [0.29, 0.717) is 18.9 Å². The molecule has 23 heavy (non-hydrogen) atoms. The van der Waals surface area contributed by atoms with E-state index in [2.05, 4.69) is 10.6 Å². The van der Waals surface area contributed by atoms with Crippen molar-refractivity contribution in [1.82, 2.24) is 10.6 Å². The first kappa shape index (κ1) is 19.0. The number of carbonyl (C=O) groups is 2. The van der Waals surface area contributed by atoms with Crippen LogP contribution in [-0.4, -0.2) is 30.2 Å². The van der Waals surface area contributed by atoms with E-state index in [0.717, 1.165) is 5.56 Å². The average molecular weight is 320 g/mol. The maximum atomic E-state index is 12.4. The van der Waals surface area contributed by atoms with Crippen molar-refractivity contribution in [2.24, 2.45) is 5.92 Å². The Morgan fingerprint density at radius 2 is 1.74 bits per heavy atom. The summed E-state index contributed by atoms with van der Waals surface area (Å²) in [6.07, 6.45) is -0.164. The Bertz CT molecular complexity index is 507. The summed E-state index contributed by atoms with van der Waals surface area (Å²) in [5.74, 6) is 0.145. The van der Waals surface area contributed by atoms with Gasteiger partial charge in [-0.05, 0) is 32.3 Å². The molecule has 0 spiro atoms. The van der Waals surface area contributed by atoms with Gasteiger partial charge in [0.15, 0.2) is 0 Å². The number of hydrogen-bond donors (Lipinski definition) is 2. The fraction of sp³-hybridized carbons (Fsp3) is 0.556. The smallest absolute Gasteiger partial charge is 0.408 e. The van der Waals surface area contributed by atoms with Crippen LogP contribution in [0.4, 0.5) is 4.79 Å². The summed E-state index contributed by atoms with van der Waals surface area (Å²) in [4.78, 5) is 24.4. The number of carbonyl (C=O) groups excluding carboxylic acids is 2. The maximum absolute atomic E-state index is 12.4. The van der Waals surface area contributed by atoms with Crippen molar-refractivity contribution in [1.29, 1.82) is 0 Å². The molecular weight excluding hydrogens is 292 g/mol. The second-order valence-corrected chi connectivity index (χ2v) is 7.03. The minimum atomic E-state index is -0.661. The summed E-state index contributed by atoms with van der Waals surface area (Å²) in [7, 11) is 0. The highest BCUT2D eigenvalue weighted by Gasteiger charge is 2.24. The van der Waals surface area contributed by atoms with Gasteiger partial charge >= 0.3 is 6.09 Å². The molecule has 0 aliphatic rings. The lowest BCUT2D eigenvalue weighted by Gasteiger charge is -2.23. The SMILES string of the molecule is CC(C)CNC(=O)C(Cc1ccccc1)NC(=O)OC(C)(C)C. The monoisotopic (exact) mass is 320 g/mol. The molecule has 0 heterocycles. The average Bonchev–Trinajstić information content (AvgIpc) is 2.43. The van der Waals surface area contributed by atoms with Gasteiger partial charge in [-0.25, -0.2) is 4.79 Å². The number of ether oxygens (including phenoxy) is 1. The molecule has 1 unspecified atom stereocenters. The minimum absolute atomic E-state index is 0.201. The second kappa shape index (κ2) is 8.56. The zero-order valence-corrected chi connectivity index (χ0v) is 14.7. The summed E-state index contributed by atoms with van der Waals surface area (Å²) >= 11 is 0. The third-order valence-corrected chi connectivity index (χ3v) is 2.97. The van der Waals surface area contributed by atoms with E-state index < -0.39 is 17.7 Å². The van der Waals surface area contributed by atoms with E-state index in [1.165, 1.54) is 0 Å². The molecule has 0 aliphatic carbocycles. The molecule has 5 nitrogen and oxygen atoms in total. The van der Waals surface area contributed by atoms with Gasteiger partial charge in [0, 0.05) is 13.0 Å². The van der Waals surface area contributed by atoms with Gasteiger partial charge in [0.25, 0.3) is 0 Å². The Morgan fingerprint density at radius 3 is 2.26 bits per heavy atom. The number of benzene rings is 1. The molecular formula is C18H28N2O3. The van der Waals surface area contributed by atoms with Crippen molar-refractivity contribution in [3.63, 3.8) is 0 Å². The number of alkyl carbamates (subject to hydrolysis) is 1. The number of rotatable bonds is 6. The molecule has 2 N–H and O–H groups in total. The van der Waals surface area contributed by atoms with Gasteiger partial charge in [0.05, 0.1) is 0 Å². The molecule has 0 bridgehead atoms. The Morgan fingerprint density at radius 1 is 1.13 bits per heavy atom. The van der Waals surface area contributed by atoms with E-state index in [4.69, 9.17) is 4.74 Å². The second-order valence-electron chi connectivity index (χ2n) is 7.03. The van der Waals surface area contributed by atoms with Gasteiger partial charge in [-0.3, -0.25) is 4.79 Å². The molecule has 1 atom stereocenters. The van der Waals surface area contributed by atoms with Gasteiger partial charge in [0.1, 0.15) is 11.6 Å². The zero-order valence-electron chi connectivity index (χ0n) is 14.7. The Balaban J connectivity index is 2.75. The topological polar surface area (TPSA) is 67.4 Å². The third kappa shape index (κ3) is 8.24. The van der Waals surface area contributed by atoms with Crippen LogP contribution < -0.4 is 10.6 Å². The standard InChI is InChI=1S/C18H28N2O3/c1-13(2)12-19-16(21)15(11-14-9-7-6-8-10-14)20-17(22)23-18(3,4)5/h6-10,13,15H,11-12H2,1-5H3,(H,19,21)(H,20,22). The predicted octanol–water partition coefficient (Wildman–Crippen LogP) is 2.89. The van der Waals surface area contributed by atoms with Crippen molar-refractivity contribution >= 4 is 12.0 Å². The largest absolute Gasteiger partial charge is 0.444 e. The van der Waals surface area contributed by atoms with Gasteiger partial charge in [-0.2, -0.15) is 0 Å². The van der Waals surface area contributed by atoms with Crippen LogP contribution in [0.15, 0.2) is 30.3 Å². The first-order chi connectivity index (χ1) is 10.7. The van der Waals surface area contributed by atoms with Crippen LogP contribution in [0.1, 0.15) is 40.2 Å². The van der Waals surface area contributed by atoms with Crippen LogP contribution in [0.5, 0.6) is 0 Å². The molecule has 0 aromatic heterocycles. The van der Waals surface area contributed by atoms with Crippen molar-refractivity contribution in [3.8, 4) is 0 Å². The van der Waals surface area contributed by atoms with Gasteiger partial charge in [0.2, 0.25) is 5.91 Å². The van der Waals surface area contributed by atoms with Gasteiger partial charge in [-0.1, -0.05) is 44.2 Å². The Kier molecular flexibility index (Phi) is 7.07. The molecule has 0 fully saturated rings. The van der Waals surface area contributed by atoms with E-state index in [-0.39, 0.29) is 5.91 Å². The molecule has 1 aromatic carbocycles. The normalized spacial score (nSPS) is 12.6. The van der Waals surface area contributed by atoms with Crippen molar-refractivity contribution in [2.45, 2.75) is 52.7 Å². The van der Waals surface area contributed by atoms with Crippen LogP contribution >= 0.6 is 0 Å². The summed E-state index contributed by atoms with van der Waals surface area (Å²) in [6.45, 7) is 9.98. The zero-order chi connectivity index (χ0) is 17.5. The Hall–Kier alpha value is -2.04. The lowest BCUT2D eigenvalue weighted by atomic mass is 10.1. The minimum Gasteiger partial charge on any atom is -0.444 e. The summed E-state index contributed by atoms with van der Waals surface area (Å²) in [5, 5.41) is 5.53. The highest BCUT2D eigenvalue weighted by atomic mass is 16.6. The van der Waals surface area contributed by atoms with Crippen LogP contribution in [0.2, 0.25) is 0 Å². The molecule has 0 aliphatic heterocycles. The molecule has 0 saturated carbocycles. The highest BCUT2D eigenvalue weighted by Crippen LogP contribution is 2.08. The number of amides is 2. The number of hydrogen-bond acceptors (Lipinski definition) is 3. The fourth-order valence-corrected chi connectivity index (χ4v) is 1.94. The van der Waals surface area contributed by atoms with Crippen LogP contribution in [0.3, 0.4) is 0 Å². The quantitative estimate of drug-likeness (QED) is 0.847. The van der Waals surface area contributed by atoms with Crippen LogP contribution in [0.25, 0.3) is 0 Å². The molecule has 1 aromatic rings. The first-order valence-corrected chi connectivity index (χ1v) is 7.98. The summed E-state index contributed by atoms with van der Waals surface area (Å²) in [5.41, 5.74) is 0.378. The van der Waals surface area contributed by atoms with Crippen LogP contribution in [0, 0.1) is 5.92 Å². The van der Waals surface area contributed by atoms with E-state index in [1.54, 1.807) is 20.8 Å². The van der Waals surface area contributed by atoms with Crippen molar-refractivity contribution in [2.75, 3.05) is 6.54 Å². The van der Waals surface area contributed by atoms with Crippen molar-refractivity contribution in [3.05, 3.63) is 35.9 Å². The van der Waals surface area contributed by atoms with Gasteiger partial charge in [-0.15, -0.1) is 0 Å².